The summed E-state index contributed by atoms with van der Waals surface area (Å²) in [6, 6.07) is 7.14. The average molecular weight is 250 g/mol. The maximum absolute atomic E-state index is 12.9. The van der Waals surface area contributed by atoms with E-state index < -0.39 is 11.6 Å². The zero-order valence-electron chi connectivity index (χ0n) is 9.57. The van der Waals surface area contributed by atoms with E-state index in [9.17, 15) is 8.78 Å². The number of rotatable bonds is 4. The molecule has 0 saturated carbocycles. The van der Waals surface area contributed by atoms with Crippen molar-refractivity contribution in [2.75, 3.05) is 0 Å². The molecule has 2 N–H and O–H groups in total. The summed E-state index contributed by atoms with van der Waals surface area (Å²) >= 11 is 0. The quantitative estimate of drug-likeness (QED) is 0.906. The Hall–Kier alpha value is -2.01. The molecule has 1 aromatic carbocycles. The van der Waals surface area contributed by atoms with Crippen molar-refractivity contribution in [2.24, 2.45) is 5.73 Å². The number of ether oxygens (including phenoxy) is 1. The van der Waals surface area contributed by atoms with Crippen molar-refractivity contribution in [1.82, 2.24) is 4.98 Å². The molecule has 18 heavy (non-hydrogen) atoms. The molecule has 0 bridgehead atoms. The SMILES string of the molecule is NCc1ccc(OCc2ccc(F)c(F)c2)cn1. The minimum Gasteiger partial charge on any atom is -0.487 e. The molecule has 0 aliphatic carbocycles. The molecule has 2 aromatic rings. The molecular weight excluding hydrogens is 238 g/mol. The highest BCUT2D eigenvalue weighted by molar-refractivity contribution is 5.22. The first kappa shape index (κ1) is 12.4. The minimum atomic E-state index is -0.882. The van der Waals surface area contributed by atoms with E-state index in [2.05, 4.69) is 4.98 Å². The molecule has 1 heterocycles. The number of pyridine rings is 1. The Morgan fingerprint density at radius 2 is 1.94 bits per heavy atom. The van der Waals surface area contributed by atoms with Gasteiger partial charge in [0.25, 0.3) is 0 Å². The molecule has 0 radical (unpaired) electrons. The smallest absolute Gasteiger partial charge is 0.159 e. The Bertz CT molecular complexity index is 529. The van der Waals surface area contributed by atoms with Crippen LogP contribution in [-0.2, 0) is 13.2 Å². The summed E-state index contributed by atoms with van der Waals surface area (Å²) in [5.74, 6) is -1.20. The highest BCUT2D eigenvalue weighted by Crippen LogP contribution is 2.13. The van der Waals surface area contributed by atoms with Gasteiger partial charge in [0.2, 0.25) is 0 Å². The zero-order chi connectivity index (χ0) is 13.0. The van der Waals surface area contributed by atoms with E-state index in [-0.39, 0.29) is 6.61 Å². The van der Waals surface area contributed by atoms with Crippen molar-refractivity contribution in [3.8, 4) is 5.75 Å². The number of nitrogens with two attached hydrogens (primary N) is 1. The second-order valence-electron chi connectivity index (χ2n) is 3.73. The molecule has 2 rings (SSSR count). The highest BCUT2D eigenvalue weighted by atomic mass is 19.2. The lowest BCUT2D eigenvalue weighted by molar-refractivity contribution is 0.303. The van der Waals surface area contributed by atoms with Crippen molar-refractivity contribution >= 4 is 0 Å². The van der Waals surface area contributed by atoms with E-state index in [1.165, 1.54) is 6.07 Å². The lowest BCUT2D eigenvalue weighted by atomic mass is 10.2. The minimum absolute atomic E-state index is 0.154. The third-order valence-electron chi connectivity index (χ3n) is 2.40. The summed E-state index contributed by atoms with van der Waals surface area (Å²) in [6.45, 7) is 0.518. The van der Waals surface area contributed by atoms with E-state index >= 15 is 0 Å². The fraction of sp³-hybridized carbons (Fsp3) is 0.154. The van der Waals surface area contributed by atoms with Gasteiger partial charge in [-0.25, -0.2) is 8.78 Å². The Labute approximate surface area is 103 Å². The maximum atomic E-state index is 12.9. The van der Waals surface area contributed by atoms with Crippen molar-refractivity contribution in [2.45, 2.75) is 13.2 Å². The fourth-order valence-electron chi connectivity index (χ4n) is 1.41. The molecule has 0 saturated heterocycles. The number of aromatic nitrogens is 1. The Morgan fingerprint density at radius 3 is 2.56 bits per heavy atom. The van der Waals surface area contributed by atoms with Gasteiger partial charge in [-0.2, -0.15) is 0 Å². The third-order valence-corrected chi connectivity index (χ3v) is 2.40. The summed E-state index contributed by atoms with van der Waals surface area (Å²) in [6.07, 6.45) is 1.54. The van der Waals surface area contributed by atoms with Crippen LogP contribution in [0.2, 0.25) is 0 Å². The average Bonchev–Trinajstić information content (AvgIpc) is 2.41. The van der Waals surface area contributed by atoms with Crippen LogP contribution in [0.25, 0.3) is 0 Å². The second kappa shape index (κ2) is 5.55. The zero-order valence-corrected chi connectivity index (χ0v) is 9.57. The van der Waals surface area contributed by atoms with Crippen LogP contribution in [0.4, 0.5) is 8.78 Å². The molecule has 0 fully saturated rings. The van der Waals surface area contributed by atoms with Gasteiger partial charge >= 0.3 is 0 Å². The van der Waals surface area contributed by atoms with Gasteiger partial charge in [0.1, 0.15) is 12.4 Å². The molecular formula is C13H12F2N2O. The Morgan fingerprint density at radius 1 is 1.11 bits per heavy atom. The van der Waals surface area contributed by atoms with Crippen molar-refractivity contribution < 1.29 is 13.5 Å². The lowest BCUT2D eigenvalue weighted by Crippen LogP contribution is -2.01. The van der Waals surface area contributed by atoms with Gasteiger partial charge in [0.05, 0.1) is 11.9 Å². The van der Waals surface area contributed by atoms with Crippen LogP contribution in [0.5, 0.6) is 5.75 Å². The van der Waals surface area contributed by atoms with Gasteiger partial charge in [-0.15, -0.1) is 0 Å². The maximum Gasteiger partial charge on any atom is 0.159 e. The number of benzene rings is 1. The summed E-state index contributed by atoms with van der Waals surface area (Å²) < 4.78 is 31.0. The number of hydrogen-bond donors (Lipinski definition) is 1. The molecule has 0 spiro atoms. The third kappa shape index (κ3) is 3.01. The molecule has 94 valence electrons. The summed E-state index contributed by atoms with van der Waals surface area (Å²) in [4.78, 5) is 4.06. The van der Waals surface area contributed by atoms with E-state index in [0.29, 0.717) is 17.9 Å². The van der Waals surface area contributed by atoms with Crippen LogP contribution in [0.15, 0.2) is 36.5 Å². The van der Waals surface area contributed by atoms with Crippen LogP contribution in [0.3, 0.4) is 0 Å². The molecule has 1 aromatic heterocycles. The molecule has 0 amide bonds. The number of hydrogen-bond acceptors (Lipinski definition) is 3. The summed E-state index contributed by atoms with van der Waals surface area (Å²) in [5.41, 5.74) is 6.73. The fourth-order valence-corrected chi connectivity index (χ4v) is 1.41. The highest BCUT2D eigenvalue weighted by Gasteiger charge is 2.03. The summed E-state index contributed by atoms with van der Waals surface area (Å²) in [5, 5.41) is 0. The monoisotopic (exact) mass is 250 g/mol. The largest absolute Gasteiger partial charge is 0.487 e. The predicted octanol–water partition coefficient (Wildman–Crippen LogP) is 2.40. The molecule has 0 unspecified atom stereocenters. The number of halogens is 2. The van der Waals surface area contributed by atoms with E-state index in [1.54, 1.807) is 18.3 Å². The standard InChI is InChI=1S/C13H12F2N2O/c14-12-4-1-9(5-13(12)15)8-18-11-3-2-10(6-16)17-7-11/h1-5,7H,6,8,16H2. The topological polar surface area (TPSA) is 48.1 Å². The first-order valence-electron chi connectivity index (χ1n) is 5.41. The van der Waals surface area contributed by atoms with E-state index in [4.69, 9.17) is 10.5 Å². The lowest BCUT2D eigenvalue weighted by Gasteiger charge is -2.06. The second-order valence-corrected chi connectivity index (χ2v) is 3.73. The first-order valence-corrected chi connectivity index (χ1v) is 5.41. The normalized spacial score (nSPS) is 10.4. The van der Waals surface area contributed by atoms with Gasteiger partial charge in [0, 0.05) is 6.54 Å². The van der Waals surface area contributed by atoms with Crippen LogP contribution < -0.4 is 10.5 Å². The Balaban J connectivity index is 1.99. The predicted molar refractivity (Wildman–Crippen MR) is 62.8 cm³/mol. The molecule has 0 aliphatic heterocycles. The van der Waals surface area contributed by atoms with Crippen LogP contribution in [0, 0.1) is 11.6 Å². The Kier molecular flexibility index (Phi) is 3.84. The van der Waals surface area contributed by atoms with E-state index in [1.807, 2.05) is 0 Å². The first-order chi connectivity index (χ1) is 8.69. The van der Waals surface area contributed by atoms with Gasteiger partial charge in [-0.3, -0.25) is 4.98 Å². The van der Waals surface area contributed by atoms with E-state index in [0.717, 1.165) is 17.8 Å². The van der Waals surface area contributed by atoms with Gasteiger partial charge in [-0.1, -0.05) is 6.07 Å². The van der Waals surface area contributed by atoms with Crippen LogP contribution >= 0.6 is 0 Å². The van der Waals surface area contributed by atoms with Crippen molar-refractivity contribution in [3.63, 3.8) is 0 Å². The summed E-state index contributed by atoms with van der Waals surface area (Å²) in [7, 11) is 0. The molecule has 5 heteroatoms. The van der Waals surface area contributed by atoms with Gasteiger partial charge in [-0.05, 0) is 29.8 Å². The van der Waals surface area contributed by atoms with Crippen LogP contribution in [-0.4, -0.2) is 4.98 Å². The number of nitrogens with zero attached hydrogens (tertiary/aromatic N) is 1. The van der Waals surface area contributed by atoms with Gasteiger partial charge in [0.15, 0.2) is 11.6 Å². The van der Waals surface area contributed by atoms with Gasteiger partial charge < -0.3 is 10.5 Å². The molecule has 3 nitrogen and oxygen atoms in total. The van der Waals surface area contributed by atoms with Crippen LogP contribution in [0.1, 0.15) is 11.3 Å². The van der Waals surface area contributed by atoms with Crippen molar-refractivity contribution in [1.29, 1.82) is 0 Å². The van der Waals surface area contributed by atoms with Crippen molar-refractivity contribution in [3.05, 3.63) is 59.4 Å². The molecule has 0 atom stereocenters. The molecule has 0 aliphatic rings.